The minimum Gasteiger partial charge on any atom is -0.365 e. The number of likely N-dealkylation sites (tertiary alicyclic amines) is 1. The van der Waals surface area contributed by atoms with E-state index >= 15 is 0 Å². The Labute approximate surface area is 214 Å². The normalized spacial score (nSPS) is 21.9. The maximum atomic E-state index is 13.0. The van der Waals surface area contributed by atoms with Gasteiger partial charge in [-0.15, -0.1) is 11.3 Å². The number of anilines is 1. The molecule has 5 nitrogen and oxygen atoms in total. The number of nitrogens with zero attached hydrogens (tertiary/aromatic N) is 3. The minimum atomic E-state index is -4.23. The van der Waals surface area contributed by atoms with Crippen molar-refractivity contribution in [3.05, 3.63) is 53.2 Å². The Morgan fingerprint density at radius 2 is 1.83 bits per heavy atom. The number of nitrogens with one attached hydrogen (secondary N) is 2. The predicted octanol–water partition coefficient (Wildman–Crippen LogP) is 6.02. The summed E-state index contributed by atoms with van der Waals surface area (Å²) in [6.45, 7) is 3.76. The fraction of sp³-hybridized carbons (Fsp3) is 0.556. The second-order valence-corrected chi connectivity index (χ2v) is 11.3. The van der Waals surface area contributed by atoms with Crippen molar-refractivity contribution < 1.29 is 13.2 Å². The third-order valence-electron chi connectivity index (χ3n) is 7.46. The highest BCUT2D eigenvalue weighted by Gasteiger charge is 2.31. The van der Waals surface area contributed by atoms with Gasteiger partial charge in [-0.2, -0.15) is 13.2 Å². The van der Waals surface area contributed by atoms with Crippen LogP contribution in [0.3, 0.4) is 0 Å². The maximum absolute atomic E-state index is 13.0. The van der Waals surface area contributed by atoms with Crippen molar-refractivity contribution in [2.45, 2.75) is 69.8 Å². The second-order valence-electron chi connectivity index (χ2n) is 10.2. The summed E-state index contributed by atoms with van der Waals surface area (Å²) in [6.07, 6.45) is 3.79. The van der Waals surface area contributed by atoms with Crippen LogP contribution in [0.1, 0.15) is 49.0 Å². The molecule has 0 spiro atoms. The SMILES string of the molecule is FC(F)(F)Cc1cc2c(N[C@H]3CCN(Cc4ccccc4)C[C@@H]3NCCC3CCCC3)ncnc2s1. The summed E-state index contributed by atoms with van der Waals surface area (Å²) in [4.78, 5) is 12.0. The van der Waals surface area contributed by atoms with Gasteiger partial charge in [-0.25, -0.2) is 9.97 Å². The first-order valence-corrected chi connectivity index (χ1v) is 13.8. The highest BCUT2D eigenvalue weighted by Crippen LogP contribution is 2.33. The van der Waals surface area contributed by atoms with Gasteiger partial charge in [0.05, 0.1) is 11.8 Å². The molecule has 0 radical (unpaired) electrons. The average molecular weight is 518 g/mol. The van der Waals surface area contributed by atoms with Crippen molar-refractivity contribution in [1.29, 1.82) is 0 Å². The standard InChI is InChI=1S/C27H34F3N5S/c28-27(29,30)15-21-14-22-25(32-18-33-26(22)36-21)34-23-11-13-35(16-20-8-2-1-3-9-20)17-24(23)31-12-10-19-6-4-5-7-19/h1-3,8-9,14,18-19,23-24,31H,4-7,10-13,15-17H2,(H,32,33,34)/t23-,24-/m0/s1. The molecule has 1 saturated heterocycles. The van der Waals surface area contributed by atoms with Gasteiger partial charge in [-0.05, 0) is 36.9 Å². The molecule has 1 aliphatic carbocycles. The molecule has 2 fully saturated rings. The summed E-state index contributed by atoms with van der Waals surface area (Å²) in [6, 6.07) is 12.5. The largest absolute Gasteiger partial charge is 0.393 e. The van der Waals surface area contributed by atoms with Gasteiger partial charge in [-0.1, -0.05) is 56.0 Å². The predicted molar refractivity (Wildman–Crippen MR) is 139 cm³/mol. The van der Waals surface area contributed by atoms with Crippen LogP contribution < -0.4 is 10.6 Å². The van der Waals surface area contributed by atoms with Gasteiger partial charge in [0.1, 0.15) is 17.0 Å². The van der Waals surface area contributed by atoms with E-state index in [-0.39, 0.29) is 17.0 Å². The first-order valence-electron chi connectivity index (χ1n) is 13.0. The van der Waals surface area contributed by atoms with Crippen molar-refractivity contribution in [1.82, 2.24) is 20.2 Å². The van der Waals surface area contributed by atoms with Gasteiger partial charge in [0.2, 0.25) is 0 Å². The van der Waals surface area contributed by atoms with Crippen LogP contribution in [0.4, 0.5) is 19.0 Å². The van der Waals surface area contributed by atoms with Crippen molar-refractivity contribution in [2.24, 2.45) is 5.92 Å². The Kier molecular flexibility index (Phi) is 8.08. The van der Waals surface area contributed by atoms with Crippen LogP contribution in [0.2, 0.25) is 0 Å². The molecule has 2 aliphatic rings. The van der Waals surface area contributed by atoms with E-state index in [1.54, 1.807) is 6.07 Å². The minimum absolute atomic E-state index is 0.143. The van der Waals surface area contributed by atoms with Gasteiger partial charge in [-0.3, -0.25) is 4.90 Å². The summed E-state index contributed by atoms with van der Waals surface area (Å²) in [5, 5.41) is 8.10. The average Bonchev–Trinajstić information content (AvgIpc) is 3.50. The number of benzene rings is 1. The lowest BCUT2D eigenvalue weighted by molar-refractivity contribution is -0.126. The Bertz CT molecular complexity index is 1110. The van der Waals surface area contributed by atoms with Crippen LogP contribution >= 0.6 is 11.3 Å². The number of halogens is 3. The fourth-order valence-corrected chi connectivity index (χ4v) is 6.66. The number of hydrogen-bond donors (Lipinski definition) is 2. The van der Waals surface area contributed by atoms with Gasteiger partial charge < -0.3 is 10.6 Å². The number of piperidine rings is 1. The summed E-state index contributed by atoms with van der Waals surface area (Å²) >= 11 is 1.10. The van der Waals surface area contributed by atoms with Crippen molar-refractivity contribution in [3.8, 4) is 0 Å². The Hall–Kier alpha value is -2.23. The Balaban J connectivity index is 1.29. The molecule has 194 valence electrons. The fourth-order valence-electron chi connectivity index (χ4n) is 5.64. The van der Waals surface area contributed by atoms with E-state index in [2.05, 4.69) is 49.8 Å². The zero-order valence-corrected chi connectivity index (χ0v) is 21.3. The molecule has 5 rings (SSSR count). The number of alkyl halides is 3. The summed E-state index contributed by atoms with van der Waals surface area (Å²) in [7, 11) is 0. The molecule has 1 aromatic carbocycles. The molecule has 2 aromatic heterocycles. The van der Waals surface area contributed by atoms with E-state index < -0.39 is 12.6 Å². The summed E-state index contributed by atoms with van der Waals surface area (Å²) in [5.41, 5.74) is 1.31. The van der Waals surface area contributed by atoms with E-state index in [0.717, 1.165) is 49.9 Å². The van der Waals surface area contributed by atoms with E-state index in [9.17, 15) is 13.2 Å². The van der Waals surface area contributed by atoms with Crippen molar-refractivity contribution in [3.63, 3.8) is 0 Å². The van der Waals surface area contributed by atoms with Gasteiger partial charge in [0, 0.05) is 36.6 Å². The molecule has 3 heterocycles. The molecule has 1 saturated carbocycles. The van der Waals surface area contributed by atoms with Gasteiger partial charge >= 0.3 is 6.18 Å². The molecule has 0 bridgehead atoms. The number of thiophene rings is 1. The maximum Gasteiger partial charge on any atom is 0.393 e. The number of hydrogen-bond acceptors (Lipinski definition) is 6. The lowest BCUT2D eigenvalue weighted by atomic mass is 9.97. The van der Waals surface area contributed by atoms with Crippen molar-refractivity contribution in [2.75, 3.05) is 25.0 Å². The lowest BCUT2D eigenvalue weighted by Crippen LogP contribution is -2.56. The smallest absolute Gasteiger partial charge is 0.365 e. The zero-order valence-electron chi connectivity index (χ0n) is 20.4. The van der Waals surface area contributed by atoms with Gasteiger partial charge in [0.15, 0.2) is 0 Å². The van der Waals surface area contributed by atoms with E-state index in [0.29, 0.717) is 16.0 Å². The van der Waals surface area contributed by atoms with Crippen molar-refractivity contribution >= 4 is 27.4 Å². The highest BCUT2D eigenvalue weighted by atomic mass is 32.1. The Morgan fingerprint density at radius 3 is 2.61 bits per heavy atom. The molecular formula is C27H34F3N5S. The van der Waals surface area contributed by atoms with Crippen LogP contribution in [-0.4, -0.2) is 52.8 Å². The second kappa shape index (κ2) is 11.4. The summed E-state index contributed by atoms with van der Waals surface area (Å²) in [5.74, 6) is 1.46. The third-order valence-corrected chi connectivity index (χ3v) is 8.50. The molecular weight excluding hydrogens is 483 g/mol. The topological polar surface area (TPSA) is 53.1 Å². The molecule has 1 aliphatic heterocycles. The summed E-state index contributed by atoms with van der Waals surface area (Å²) < 4.78 is 38.9. The lowest BCUT2D eigenvalue weighted by Gasteiger charge is -2.40. The van der Waals surface area contributed by atoms with Crippen LogP contribution in [-0.2, 0) is 13.0 Å². The van der Waals surface area contributed by atoms with Crippen LogP contribution in [0.15, 0.2) is 42.7 Å². The van der Waals surface area contributed by atoms with Crippen LogP contribution in [0, 0.1) is 5.92 Å². The van der Waals surface area contributed by atoms with Crippen LogP contribution in [0.25, 0.3) is 10.2 Å². The van der Waals surface area contributed by atoms with Gasteiger partial charge in [0.25, 0.3) is 0 Å². The molecule has 2 N–H and O–H groups in total. The highest BCUT2D eigenvalue weighted by molar-refractivity contribution is 7.18. The monoisotopic (exact) mass is 517 g/mol. The number of fused-ring (bicyclic) bond motifs is 1. The first-order chi connectivity index (χ1) is 17.4. The number of aromatic nitrogens is 2. The van der Waals surface area contributed by atoms with Crippen LogP contribution in [0.5, 0.6) is 0 Å². The van der Waals surface area contributed by atoms with E-state index in [1.807, 2.05) is 6.07 Å². The molecule has 36 heavy (non-hydrogen) atoms. The quantitative estimate of drug-likeness (QED) is 0.364. The van der Waals surface area contributed by atoms with E-state index in [1.165, 1.54) is 44.0 Å². The number of rotatable bonds is 9. The zero-order chi connectivity index (χ0) is 25.0. The molecule has 0 amide bonds. The Morgan fingerprint density at radius 1 is 1.03 bits per heavy atom. The van der Waals surface area contributed by atoms with E-state index in [4.69, 9.17) is 0 Å². The molecule has 3 aromatic rings. The molecule has 0 unspecified atom stereocenters. The molecule has 9 heteroatoms. The molecule has 2 atom stereocenters. The third kappa shape index (κ3) is 6.75. The first kappa shape index (κ1) is 25.4.